The van der Waals surface area contributed by atoms with Gasteiger partial charge in [0.25, 0.3) is 0 Å². The Morgan fingerprint density at radius 2 is 2.22 bits per heavy atom. The van der Waals surface area contributed by atoms with E-state index in [4.69, 9.17) is 18.0 Å². The molecule has 0 aliphatic heterocycles. The lowest BCUT2D eigenvalue weighted by molar-refractivity contribution is -0.116. The van der Waals surface area contributed by atoms with Gasteiger partial charge < -0.3 is 16.0 Å². The first-order valence-corrected chi connectivity index (χ1v) is 6.32. The van der Waals surface area contributed by atoms with Crippen LogP contribution in [0.25, 0.3) is 0 Å². The van der Waals surface area contributed by atoms with Crippen LogP contribution in [0, 0.1) is 0 Å². The van der Waals surface area contributed by atoms with Crippen molar-refractivity contribution in [3.8, 4) is 0 Å². The lowest BCUT2D eigenvalue weighted by atomic mass is 10.2. The third kappa shape index (κ3) is 4.81. The van der Waals surface area contributed by atoms with Gasteiger partial charge in [0.1, 0.15) is 4.99 Å². The number of thiocarbonyl (C=S) groups is 1. The lowest BCUT2D eigenvalue weighted by Gasteiger charge is -2.13. The molecule has 1 rings (SSSR count). The number of benzene rings is 1. The Morgan fingerprint density at radius 1 is 1.50 bits per heavy atom. The van der Waals surface area contributed by atoms with Crippen molar-refractivity contribution in [2.75, 3.05) is 25.5 Å². The van der Waals surface area contributed by atoms with Crippen LogP contribution < -0.4 is 11.1 Å². The van der Waals surface area contributed by atoms with Gasteiger partial charge >= 0.3 is 0 Å². The molecule has 3 N–H and O–H groups in total. The van der Waals surface area contributed by atoms with E-state index in [1.54, 1.807) is 6.07 Å². The summed E-state index contributed by atoms with van der Waals surface area (Å²) in [5.41, 5.74) is 7.03. The first-order valence-electron chi connectivity index (χ1n) is 5.91. The van der Waals surface area contributed by atoms with Gasteiger partial charge in [0.2, 0.25) is 5.91 Å². The van der Waals surface area contributed by atoms with Gasteiger partial charge in [0.05, 0.1) is 0 Å². The van der Waals surface area contributed by atoms with Gasteiger partial charge in [-0.1, -0.05) is 31.3 Å². The lowest BCUT2D eigenvalue weighted by Crippen LogP contribution is -2.24. The Morgan fingerprint density at radius 3 is 2.83 bits per heavy atom. The van der Waals surface area contributed by atoms with Crippen molar-refractivity contribution < 1.29 is 4.79 Å². The van der Waals surface area contributed by atoms with Crippen LogP contribution >= 0.6 is 12.2 Å². The molecule has 0 radical (unpaired) electrons. The van der Waals surface area contributed by atoms with Crippen molar-refractivity contribution in [1.29, 1.82) is 0 Å². The summed E-state index contributed by atoms with van der Waals surface area (Å²) in [5, 5.41) is 2.84. The second-order valence-corrected chi connectivity index (χ2v) is 4.58. The molecule has 0 saturated carbocycles. The van der Waals surface area contributed by atoms with E-state index in [1.165, 1.54) is 0 Å². The Hall–Kier alpha value is -1.46. The maximum Gasteiger partial charge on any atom is 0.225 e. The van der Waals surface area contributed by atoms with E-state index in [0.29, 0.717) is 11.4 Å². The number of hydrogen-bond donors (Lipinski definition) is 2. The zero-order valence-corrected chi connectivity index (χ0v) is 11.6. The molecule has 0 fully saturated rings. The minimum absolute atomic E-state index is 0.00427. The van der Waals surface area contributed by atoms with Gasteiger partial charge in [-0.25, -0.2) is 0 Å². The van der Waals surface area contributed by atoms with Gasteiger partial charge in [-0.3, -0.25) is 4.79 Å². The zero-order valence-electron chi connectivity index (χ0n) is 10.8. The standard InChI is InChI=1S/C13H19N3OS/c1-3-16(2)8-7-12(17)15-11-6-4-5-10(9-11)13(14)18/h4-6,9H,3,7-8H2,1-2H3,(H2,14,18)(H,15,17). The van der Waals surface area contributed by atoms with Crippen LogP contribution in [0.3, 0.4) is 0 Å². The fraction of sp³-hybridized carbons (Fsp3) is 0.385. The fourth-order valence-corrected chi connectivity index (χ4v) is 1.55. The number of nitrogens with one attached hydrogen (secondary N) is 1. The molecular weight excluding hydrogens is 246 g/mol. The van der Waals surface area contributed by atoms with Crippen molar-refractivity contribution in [1.82, 2.24) is 4.90 Å². The summed E-state index contributed by atoms with van der Waals surface area (Å²) >= 11 is 4.89. The molecule has 0 bridgehead atoms. The van der Waals surface area contributed by atoms with Crippen LogP contribution in [0.4, 0.5) is 5.69 Å². The molecule has 1 amide bonds. The number of nitrogens with two attached hydrogens (primary N) is 1. The maximum atomic E-state index is 11.7. The summed E-state index contributed by atoms with van der Waals surface area (Å²) in [6, 6.07) is 7.25. The van der Waals surface area contributed by atoms with Gasteiger partial charge in [-0.15, -0.1) is 0 Å². The molecule has 5 heteroatoms. The second kappa shape index (κ2) is 7.08. The van der Waals surface area contributed by atoms with E-state index in [2.05, 4.69) is 17.1 Å². The highest BCUT2D eigenvalue weighted by Gasteiger charge is 2.05. The van der Waals surface area contributed by atoms with E-state index < -0.39 is 0 Å². The third-order valence-electron chi connectivity index (χ3n) is 2.69. The molecule has 0 heterocycles. The van der Waals surface area contributed by atoms with Crippen molar-refractivity contribution in [3.05, 3.63) is 29.8 Å². The Labute approximate surface area is 113 Å². The Balaban J connectivity index is 2.54. The van der Waals surface area contributed by atoms with E-state index in [1.807, 2.05) is 25.2 Å². The van der Waals surface area contributed by atoms with Crippen molar-refractivity contribution in [3.63, 3.8) is 0 Å². The number of anilines is 1. The summed E-state index contributed by atoms with van der Waals surface area (Å²) in [5.74, 6) is -0.00427. The number of carbonyl (C=O) groups is 1. The first-order chi connectivity index (χ1) is 8.52. The minimum Gasteiger partial charge on any atom is -0.389 e. The highest BCUT2D eigenvalue weighted by molar-refractivity contribution is 7.80. The fourth-order valence-electron chi connectivity index (χ4n) is 1.42. The van der Waals surface area contributed by atoms with Crippen LogP contribution in [0.2, 0.25) is 0 Å². The van der Waals surface area contributed by atoms with Crippen LogP contribution in [-0.4, -0.2) is 35.9 Å². The van der Waals surface area contributed by atoms with Crippen molar-refractivity contribution >= 4 is 28.8 Å². The summed E-state index contributed by atoms with van der Waals surface area (Å²) < 4.78 is 0. The SMILES string of the molecule is CCN(C)CCC(=O)Nc1cccc(C(N)=S)c1. The molecule has 1 aromatic carbocycles. The molecule has 0 aromatic heterocycles. The summed E-state index contributed by atoms with van der Waals surface area (Å²) in [6.45, 7) is 3.74. The van der Waals surface area contributed by atoms with Gasteiger partial charge in [0, 0.05) is 24.2 Å². The molecule has 18 heavy (non-hydrogen) atoms. The van der Waals surface area contributed by atoms with E-state index in [9.17, 15) is 4.79 Å². The normalized spacial score (nSPS) is 10.4. The van der Waals surface area contributed by atoms with E-state index in [-0.39, 0.29) is 5.91 Å². The summed E-state index contributed by atoms with van der Waals surface area (Å²) in [7, 11) is 1.99. The van der Waals surface area contributed by atoms with Crippen LogP contribution in [-0.2, 0) is 4.79 Å². The number of rotatable bonds is 6. The highest BCUT2D eigenvalue weighted by Crippen LogP contribution is 2.10. The molecule has 4 nitrogen and oxygen atoms in total. The number of carbonyl (C=O) groups excluding carboxylic acids is 1. The molecule has 0 unspecified atom stereocenters. The number of nitrogens with zero attached hydrogens (tertiary/aromatic N) is 1. The minimum atomic E-state index is -0.00427. The molecule has 0 atom stereocenters. The molecule has 0 aliphatic carbocycles. The van der Waals surface area contributed by atoms with Gasteiger partial charge in [-0.2, -0.15) is 0 Å². The molecule has 1 aromatic rings. The molecule has 0 aliphatic rings. The molecule has 98 valence electrons. The topological polar surface area (TPSA) is 58.4 Å². The van der Waals surface area contributed by atoms with Crippen LogP contribution in [0.5, 0.6) is 0 Å². The predicted molar refractivity (Wildman–Crippen MR) is 78.7 cm³/mol. The van der Waals surface area contributed by atoms with Gasteiger partial charge in [-0.05, 0) is 25.7 Å². The Bertz CT molecular complexity index is 434. The second-order valence-electron chi connectivity index (χ2n) is 4.14. The molecular formula is C13H19N3OS. The van der Waals surface area contributed by atoms with Crippen LogP contribution in [0.15, 0.2) is 24.3 Å². The monoisotopic (exact) mass is 265 g/mol. The van der Waals surface area contributed by atoms with Crippen LogP contribution in [0.1, 0.15) is 18.9 Å². The zero-order chi connectivity index (χ0) is 13.5. The van der Waals surface area contributed by atoms with Crippen molar-refractivity contribution in [2.45, 2.75) is 13.3 Å². The largest absolute Gasteiger partial charge is 0.389 e. The quantitative estimate of drug-likeness (QED) is 0.767. The summed E-state index contributed by atoms with van der Waals surface area (Å²) in [4.78, 5) is 14.1. The number of amides is 1. The average molecular weight is 265 g/mol. The average Bonchev–Trinajstić information content (AvgIpc) is 2.36. The maximum absolute atomic E-state index is 11.7. The van der Waals surface area contributed by atoms with E-state index in [0.717, 1.165) is 24.3 Å². The van der Waals surface area contributed by atoms with Crippen molar-refractivity contribution in [2.24, 2.45) is 5.73 Å². The third-order valence-corrected chi connectivity index (χ3v) is 2.93. The predicted octanol–water partition coefficient (Wildman–Crippen LogP) is 1.60. The molecule has 0 spiro atoms. The number of hydrogen-bond acceptors (Lipinski definition) is 3. The molecule has 0 saturated heterocycles. The van der Waals surface area contributed by atoms with Gasteiger partial charge in [0.15, 0.2) is 0 Å². The smallest absolute Gasteiger partial charge is 0.225 e. The van der Waals surface area contributed by atoms with E-state index >= 15 is 0 Å². The highest BCUT2D eigenvalue weighted by atomic mass is 32.1. The summed E-state index contributed by atoms with van der Waals surface area (Å²) in [6.07, 6.45) is 0.474. The Kier molecular flexibility index (Phi) is 5.74. The first kappa shape index (κ1) is 14.6.